The van der Waals surface area contributed by atoms with E-state index in [1.165, 1.54) is 0 Å². The van der Waals surface area contributed by atoms with Gasteiger partial charge in [0.2, 0.25) is 5.91 Å². The Balaban J connectivity index is 1.42. The van der Waals surface area contributed by atoms with Crippen molar-refractivity contribution >= 4 is 11.6 Å². The molecule has 1 aromatic carbocycles. The van der Waals surface area contributed by atoms with Gasteiger partial charge in [-0.25, -0.2) is 10.9 Å². The molecule has 0 radical (unpaired) electrons. The van der Waals surface area contributed by atoms with Crippen molar-refractivity contribution in [3.8, 4) is 5.75 Å². The molecule has 2 atom stereocenters. The number of carbonyl (C=O) groups excluding carboxylic acids is 1. The monoisotopic (exact) mass is 355 g/mol. The summed E-state index contributed by atoms with van der Waals surface area (Å²) < 4.78 is 5.18. The fraction of sp³-hybridized carbons (Fsp3) is 0.368. The highest BCUT2D eigenvalue weighted by atomic mass is 16.5. The van der Waals surface area contributed by atoms with Gasteiger partial charge in [-0.15, -0.1) is 0 Å². The van der Waals surface area contributed by atoms with Crippen molar-refractivity contribution < 1.29 is 9.53 Å². The molecule has 0 aliphatic carbocycles. The maximum atomic E-state index is 12.3. The summed E-state index contributed by atoms with van der Waals surface area (Å²) in [6.07, 6.45) is 4.27. The van der Waals surface area contributed by atoms with E-state index in [9.17, 15) is 4.79 Å². The van der Waals surface area contributed by atoms with Gasteiger partial charge in [0.05, 0.1) is 7.11 Å². The average Bonchev–Trinajstić information content (AvgIpc) is 3.17. The number of hydrazine groups is 1. The van der Waals surface area contributed by atoms with Gasteiger partial charge in [-0.1, -0.05) is 12.1 Å². The second-order valence-corrected chi connectivity index (χ2v) is 6.31. The number of nitrogens with one attached hydrogen (secondary N) is 4. The maximum absolute atomic E-state index is 12.3. The number of carbonyl (C=O) groups is 1. The molecule has 138 valence electrons. The zero-order valence-corrected chi connectivity index (χ0v) is 15.1. The molecule has 0 saturated carbocycles. The van der Waals surface area contributed by atoms with E-state index in [1.54, 1.807) is 13.3 Å². The molecule has 2 heterocycles. The fourth-order valence-electron chi connectivity index (χ4n) is 2.96. The van der Waals surface area contributed by atoms with E-state index in [2.05, 4.69) is 26.5 Å². The lowest BCUT2D eigenvalue weighted by molar-refractivity contribution is -0.122. The molecule has 7 heteroatoms. The van der Waals surface area contributed by atoms with E-state index in [-0.39, 0.29) is 18.0 Å². The van der Waals surface area contributed by atoms with Crippen LogP contribution in [0, 0.1) is 6.92 Å². The SMILES string of the molecule is COc1ccc(C2CC(C(=O)NCCNc3ccncc3C)NN2)cc1. The molecule has 26 heavy (non-hydrogen) atoms. The Bertz CT molecular complexity index is 735. The van der Waals surface area contributed by atoms with Crippen LogP contribution < -0.4 is 26.2 Å². The smallest absolute Gasteiger partial charge is 0.238 e. The number of nitrogens with zero attached hydrogens (tertiary/aromatic N) is 1. The number of aryl methyl sites for hydroxylation is 1. The minimum Gasteiger partial charge on any atom is -0.497 e. The van der Waals surface area contributed by atoms with Crippen molar-refractivity contribution in [2.75, 3.05) is 25.5 Å². The second kappa shape index (κ2) is 8.64. The van der Waals surface area contributed by atoms with E-state index >= 15 is 0 Å². The maximum Gasteiger partial charge on any atom is 0.238 e. The lowest BCUT2D eigenvalue weighted by Gasteiger charge is -2.12. The third-order valence-corrected chi connectivity index (χ3v) is 4.50. The first-order valence-corrected chi connectivity index (χ1v) is 8.74. The molecular formula is C19H25N5O2. The molecule has 1 aliphatic heterocycles. The van der Waals surface area contributed by atoms with Gasteiger partial charge in [-0.05, 0) is 42.7 Å². The number of anilines is 1. The average molecular weight is 355 g/mol. The summed E-state index contributed by atoms with van der Waals surface area (Å²) in [5.41, 5.74) is 9.52. The predicted molar refractivity (Wildman–Crippen MR) is 101 cm³/mol. The third-order valence-electron chi connectivity index (χ3n) is 4.50. The summed E-state index contributed by atoms with van der Waals surface area (Å²) in [6, 6.07) is 9.67. The topological polar surface area (TPSA) is 87.3 Å². The Labute approximate surface area is 153 Å². The van der Waals surface area contributed by atoms with Crippen LogP contribution >= 0.6 is 0 Å². The molecule has 0 spiro atoms. The Hall–Kier alpha value is -2.64. The molecular weight excluding hydrogens is 330 g/mol. The van der Waals surface area contributed by atoms with Gasteiger partial charge in [0, 0.05) is 37.2 Å². The Morgan fingerprint density at radius 2 is 2.04 bits per heavy atom. The van der Waals surface area contributed by atoms with Crippen LogP contribution in [-0.2, 0) is 4.79 Å². The molecule has 3 rings (SSSR count). The van der Waals surface area contributed by atoms with Crippen molar-refractivity contribution in [1.29, 1.82) is 0 Å². The van der Waals surface area contributed by atoms with Gasteiger partial charge in [0.1, 0.15) is 11.8 Å². The zero-order chi connectivity index (χ0) is 18.4. The summed E-state index contributed by atoms with van der Waals surface area (Å²) in [4.78, 5) is 16.4. The number of hydrogen-bond donors (Lipinski definition) is 4. The van der Waals surface area contributed by atoms with Crippen molar-refractivity contribution in [3.63, 3.8) is 0 Å². The van der Waals surface area contributed by atoms with E-state index in [0.29, 0.717) is 19.5 Å². The van der Waals surface area contributed by atoms with Crippen LogP contribution in [0.5, 0.6) is 5.75 Å². The van der Waals surface area contributed by atoms with Crippen LogP contribution in [0.3, 0.4) is 0 Å². The highest BCUT2D eigenvalue weighted by Crippen LogP contribution is 2.24. The predicted octanol–water partition coefficient (Wildman–Crippen LogP) is 1.53. The number of benzene rings is 1. The summed E-state index contributed by atoms with van der Waals surface area (Å²) in [5, 5.41) is 6.27. The highest BCUT2D eigenvalue weighted by molar-refractivity contribution is 5.82. The Kier molecular flexibility index (Phi) is 6.04. The van der Waals surface area contributed by atoms with E-state index < -0.39 is 0 Å². The molecule has 2 unspecified atom stereocenters. The minimum atomic E-state index is -0.246. The minimum absolute atomic E-state index is 0.00163. The standard InChI is InChI=1S/C19H25N5O2/c1-13-12-20-8-7-16(13)21-9-10-22-19(25)18-11-17(23-24-18)14-3-5-15(26-2)6-4-14/h3-8,12,17-18,23-24H,9-11H2,1-2H3,(H,20,21)(H,22,25). The van der Waals surface area contributed by atoms with E-state index in [4.69, 9.17) is 4.74 Å². The van der Waals surface area contributed by atoms with Gasteiger partial charge in [-0.3, -0.25) is 9.78 Å². The van der Waals surface area contributed by atoms with Gasteiger partial charge in [0.25, 0.3) is 0 Å². The quantitative estimate of drug-likeness (QED) is 0.564. The number of amides is 1. The van der Waals surface area contributed by atoms with Gasteiger partial charge >= 0.3 is 0 Å². The summed E-state index contributed by atoms with van der Waals surface area (Å²) in [5.74, 6) is 0.827. The molecule has 1 fully saturated rings. The van der Waals surface area contributed by atoms with Crippen molar-refractivity contribution in [1.82, 2.24) is 21.2 Å². The lowest BCUT2D eigenvalue weighted by atomic mass is 10.0. The number of methoxy groups -OCH3 is 1. The summed E-state index contributed by atoms with van der Waals surface area (Å²) in [7, 11) is 1.65. The van der Waals surface area contributed by atoms with E-state index in [0.717, 1.165) is 22.6 Å². The number of hydrogen-bond acceptors (Lipinski definition) is 6. The molecule has 1 aliphatic rings. The second-order valence-electron chi connectivity index (χ2n) is 6.31. The first kappa shape index (κ1) is 18.2. The van der Waals surface area contributed by atoms with Crippen molar-refractivity contribution in [2.24, 2.45) is 0 Å². The lowest BCUT2D eigenvalue weighted by Crippen LogP contribution is -2.44. The molecule has 2 aromatic rings. The van der Waals surface area contributed by atoms with Gasteiger partial charge in [0.15, 0.2) is 0 Å². The van der Waals surface area contributed by atoms with E-state index in [1.807, 2.05) is 43.5 Å². The van der Waals surface area contributed by atoms with Crippen molar-refractivity contribution in [2.45, 2.75) is 25.4 Å². The number of ether oxygens (including phenoxy) is 1. The molecule has 7 nitrogen and oxygen atoms in total. The molecule has 0 bridgehead atoms. The van der Waals surface area contributed by atoms with Crippen LogP contribution in [0.1, 0.15) is 23.6 Å². The van der Waals surface area contributed by atoms with Crippen LogP contribution in [0.25, 0.3) is 0 Å². The molecule has 1 amide bonds. The first-order chi connectivity index (χ1) is 12.7. The van der Waals surface area contributed by atoms with Crippen LogP contribution in [0.4, 0.5) is 5.69 Å². The molecule has 4 N–H and O–H groups in total. The van der Waals surface area contributed by atoms with Crippen LogP contribution in [-0.4, -0.2) is 37.1 Å². The number of pyridine rings is 1. The first-order valence-electron chi connectivity index (χ1n) is 8.74. The molecule has 1 aromatic heterocycles. The summed E-state index contributed by atoms with van der Waals surface area (Å²) >= 11 is 0. The van der Waals surface area contributed by atoms with Crippen LogP contribution in [0.15, 0.2) is 42.7 Å². The van der Waals surface area contributed by atoms with Crippen molar-refractivity contribution in [3.05, 3.63) is 53.9 Å². The largest absolute Gasteiger partial charge is 0.497 e. The fourth-order valence-corrected chi connectivity index (χ4v) is 2.96. The Morgan fingerprint density at radius 1 is 1.23 bits per heavy atom. The third kappa shape index (κ3) is 4.50. The Morgan fingerprint density at radius 3 is 2.77 bits per heavy atom. The molecule has 1 saturated heterocycles. The summed E-state index contributed by atoms with van der Waals surface area (Å²) in [6.45, 7) is 3.23. The van der Waals surface area contributed by atoms with Crippen LogP contribution in [0.2, 0.25) is 0 Å². The van der Waals surface area contributed by atoms with Gasteiger partial charge < -0.3 is 15.4 Å². The van der Waals surface area contributed by atoms with Gasteiger partial charge in [-0.2, -0.15) is 0 Å². The number of rotatable bonds is 7. The zero-order valence-electron chi connectivity index (χ0n) is 15.1. The highest BCUT2D eigenvalue weighted by Gasteiger charge is 2.29. The number of aromatic nitrogens is 1. The normalized spacial score (nSPS) is 19.2.